The summed E-state index contributed by atoms with van der Waals surface area (Å²) in [6.45, 7) is 5.89. The summed E-state index contributed by atoms with van der Waals surface area (Å²) in [6, 6.07) is 5.37. The van der Waals surface area contributed by atoms with Gasteiger partial charge in [-0.3, -0.25) is 0 Å². The summed E-state index contributed by atoms with van der Waals surface area (Å²) in [5, 5.41) is 0. The highest BCUT2D eigenvalue weighted by Gasteiger charge is 2.28. The second-order valence-corrected chi connectivity index (χ2v) is 7.88. The first kappa shape index (κ1) is 17.3. The number of unbranched alkanes of at least 4 members (excludes halogenated alkanes) is 2. The minimum atomic E-state index is -3.44. The lowest BCUT2D eigenvalue weighted by Crippen LogP contribution is -2.35. The number of rotatable bonds is 7. The van der Waals surface area contributed by atoms with Gasteiger partial charge in [0.05, 0.1) is 6.61 Å². The predicted molar refractivity (Wildman–Crippen MR) is 88.8 cm³/mol. The molecular weight excluding hydrogens is 298 g/mol. The highest BCUT2D eigenvalue weighted by molar-refractivity contribution is 7.89. The SMILES string of the molecule is CCCCCOc1cc(C)ccc1S(=O)(=O)N1CCCCC1. The minimum absolute atomic E-state index is 0.316. The number of ether oxygens (including phenoxy) is 1. The van der Waals surface area contributed by atoms with E-state index in [1.165, 1.54) is 0 Å². The molecule has 1 aromatic carbocycles. The Labute approximate surface area is 134 Å². The molecule has 1 aliphatic heterocycles. The normalized spacial score (nSPS) is 16.6. The van der Waals surface area contributed by atoms with Crippen molar-refractivity contribution >= 4 is 10.0 Å². The van der Waals surface area contributed by atoms with Crippen LogP contribution >= 0.6 is 0 Å². The van der Waals surface area contributed by atoms with Crippen LogP contribution in [0.1, 0.15) is 51.0 Å². The van der Waals surface area contributed by atoms with Gasteiger partial charge in [0, 0.05) is 13.1 Å². The van der Waals surface area contributed by atoms with Crippen LogP contribution in [-0.2, 0) is 10.0 Å². The van der Waals surface area contributed by atoms with Crippen molar-refractivity contribution < 1.29 is 13.2 Å². The number of hydrogen-bond acceptors (Lipinski definition) is 3. The maximum absolute atomic E-state index is 12.9. The zero-order valence-corrected chi connectivity index (χ0v) is 14.5. The highest BCUT2D eigenvalue weighted by atomic mass is 32.2. The van der Waals surface area contributed by atoms with Crippen LogP contribution in [0.3, 0.4) is 0 Å². The van der Waals surface area contributed by atoms with Crippen molar-refractivity contribution in [2.75, 3.05) is 19.7 Å². The van der Waals surface area contributed by atoms with E-state index in [4.69, 9.17) is 4.74 Å². The number of hydrogen-bond donors (Lipinski definition) is 0. The lowest BCUT2D eigenvalue weighted by atomic mass is 10.2. The minimum Gasteiger partial charge on any atom is -0.492 e. The van der Waals surface area contributed by atoms with E-state index in [-0.39, 0.29) is 0 Å². The van der Waals surface area contributed by atoms with Gasteiger partial charge in [-0.15, -0.1) is 0 Å². The largest absolute Gasteiger partial charge is 0.492 e. The Morgan fingerprint density at radius 1 is 1.14 bits per heavy atom. The topological polar surface area (TPSA) is 46.6 Å². The van der Waals surface area contributed by atoms with Gasteiger partial charge in [0.15, 0.2) is 0 Å². The van der Waals surface area contributed by atoms with Gasteiger partial charge < -0.3 is 4.74 Å². The van der Waals surface area contributed by atoms with Crippen molar-refractivity contribution in [2.24, 2.45) is 0 Å². The van der Waals surface area contributed by atoms with E-state index in [0.717, 1.165) is 44.1 Å². The lowest BCUT2D eigenvalue weighted by Gasteiger charge is -2.26. The van der Waals surface area contributed by atoms with E-state index < -0.39 is 10.0 Å². The van der Waals surface area contributed by atoms with Gasteiger partial charge in [0.25, 0.3) is 0 Å². The fourth-order valence-electron chi connectivity index (χ4n) is 2.72. The Bertz CT molecular complexity index is 578. The van der Waals surface area contributed by atoms with E-state index in [9.17, 15) is 8.42 Å². The third-order valence-electron chi connectivity index (χ3n) is 4.04. The molecule has 0 N–H and O–H groups in total. The van der Waals surface area contributed by atoms with Crippen molar-refractivity contribution in [3.63, 3.8) is 0 Å². The zero-order valence-electron chi connectivity index (χ0n) is 13.7. The molecule has 0 atom stereocenters. The molecule has 0 amide bonds. The van der Waals surface area contributed by atoms with Gasteiger partial charge >= 0.3 is 0 Å². The number of nitrogens with zero attached hydrogens (tertiary/aromatic N) is 1. The lowest BCUT2D eigenvalue weighted by molar-refractivity contribution is 0.295. The Hall–Kier alpha value is -1.07. The second-order valence-electron chi connectivity index (χ2n) is 5.97. The summed E-state index contributed by atoms with van der Waals surface area (Å²) < 4.78 is 33.1. The third-order valence-corrected chi connectivity index (χ3v) is 5.98. The van der Waals surface area contributed by atoms with E-state index in [1.54, 1.807) is 10.4 Å². The molecule has 5 heteroatoms. The summed E-state index contributed by atoms with van der Waals surface area (Å²) in [5.41, 5.74) is 1.02. The van der Waals surface area contributed by atoms with E-state index in [2.05, 4.69) is 6.92 Å². The van der Waals surface area contributed by atoms with Gasteiger partial charge in [0.1, 0.15) is 10.6 Å². The van der Waals surface area contributed by atoms with Crippen LogP contribution in [0.25, 0.3) is 0 Å². The molecule has 0 saturated carbocycles. The molecule has 0 aliphatic carbocycles. The number of piperidine rings is 1. The second kappa shape index (κ2) is 7.97. The summed E-state index contributed by atoms with van der Waals surface area (Å²) in [4.78, 5) is 0.316. The Balaban J connectivity index is 2.21. The van der Waals surface area contributed by atoms with Crippen molar-refractivity contribution in [3.8, 4) is 5.75 Å². The molecule has 0 spiro atoms. The van der Waals surface area contributed by atoms with Crippen LogP contribution in [-0.4, -0.2) is 32.4 Å². The Morgan fingerprint density at radius 2 is 1.86 bits per heavy atom. The molecule has 1 fully saturated rings. The van der Waals surface area contributed by atoms with Gasteiger partial charge in [-0.25, -0.2) is 8.42 Å². The molecule has 0 unspecified atom stereocenters. The average molecular weight is 325 g/mol. The zero-order chi connectivity index (χ0) is 16.0. The number of aryl methyl sites for hydroxylation is 1. The van der Waals surface area contributed by atoms with E-state index in [1.807, 2.05) is 19.1 Å². The van der Waals surface area contributed by atoms with Crippen molar-refractivity contribution in [2.45, 2.75) is 57.3 Å². The molecule has 0 bridgehead atoms. The van der Waals surface area contributed by atoms with Gasteiger partial charge in [-0.1, -0.05) is 32.3 Å². The molecule has 2 rings (SSSR count). The monoisotopic (exact) mass is 325 g/mol. The predicted octanol–water partition coefficient (Wildman–Crippen LogP) is 3.74. The third kappa shape index (κ3) is 4.23. The maximum Gasteiger partial charge on any atom is 0.246 e. The van der Waals surface area contributed by atoms with Crippen LogP contribution in [0, 0.1) is 6.92 Å². The maximum atomic E-state index is 12.9. The van der Waals surface area contributed by atoms with E-state index in [0.29, 0.717) is 30.3 Å². The fraction of sp³-hybridized carbons (Fsp3) is 0.647. The summed E-state index contributed by atoms with van der Waals surface area (Å²) in [7, 11) is -3.44. The van der Waals surface area contributed by atoms with Crippen LogP contribution in [0.15, 0.2) is 23.1 Å². The van der Waals surface area contributed by atoms with Crippen molar-refractivity contribution in [3.05, 3.63) is 23.8 Å². The Kier molecular flexibility index (Phi) is 6.26. The first-order chi connectivity index (χ1) is 10.6. The standard InChI is InChI=1S/C17H27NO3S/c1-3-4-8-13-21-16-14-15(2)9-10-17(16)22(19,20)18-11-6-5-7-12-18/h9-10,14H,3-8,11-13H2,1-2H3. The molecular formula is C17H27NO3S. The van der Waals surface area contributed by atoms with Crippen LogP contribution in [0.5, 0.6) is 5.75 Å². The number of benzene rings is 1. The smallest absolute Gasteiger partial charge is 0.246 e. The summed E-state index contributed by atoms with van der Waals surface area (Å²) in [5.74, 6) is 0.502. The van der Waals surface area contributed by atoms with E-state index >= 15 is 0 Å². The molecule has 1 aromatic rings. The quantitative estimate of drug-likeness (QED) is 0.718. The first-order valence-corrected chi connectivity index (χ1v) is 9.73. The molecule has 1 saturated heterocycles. The van der Waals surface area contributed by atoms with Crippen molar-refractivity contribution in [1.82, 2.24) is 4.31 Å². The molecule has 1 heterocycles. The highest BCUT2D eigenvalue weighted by Crippen LogP contribution is 2.29. The molecule has 4 nitrogen and oxygen atoms in total. The fourth-order valence-corrected chi connectivity index (χ4v) is 4.35. The molecule has 0 aromatic heterocycles. The van der Waals surface area contributed by atoms with Gasteiger partial charge in [-0.05, 0) is 43.9 Å². The van der Waals surface area contributed by atoms with Crippen LogP contribution < -0.4 is 4.74 Å². The summed E-state index contributed by atoms with van der Waals surface area (Å²) in [6.07, 6.45) is 6.17. The number of sulfonamides is 1. The van der Waals surface area contributed by atoms with Gasteiger partial charge in [0.2, 0.25) is 10.0 Å². The van der Waals surface area contributed by atoms with Crippen molar-refractivity contribution in [1.29, 1.82) is 0 Å². The average Bonchev–Trinajstić information content (AvgIpc) is 2.52. The summed E-state index contributed by atoms with van der Waals surface area (Å²) >= 11 is 0. The van der Waals surface area contributed by atoms with Gasteiger partial charge in [-0.2, -0.15) is 4.31 Å². The Morgan fingerprint density at radius 3 is 2.55 bits per heavy atom. The molecule has 0 radical (unpaired) electrons. The van der Waals surface area contributed by atoms with Crippen LogP contribution in [0.2, 0.25) is 0 Å². The molecule has 22 heavy (non-hydrogen) atoms. The first-order valence-electron chi connectivity index (χ1n) is 8.29. The molecule has 1 aliphatic rings. The molecule has 124 valence electrons. The van der Waals surface area contributed by atoms with Crippen LogP contribution in [0.4, 0.5) is 0 Å².